The molecule has 0 saturated heterocycles. The van der Waals surface area contributed by atoms with E-state index in [0.29, 0.717) is 25.4 Å². The number of aliphatic carboxylic acids is 1. The summed E-state index contributed by atoms with van der Waals surface area (Å²) in [5.41, 5.74) is 0.446. The number of urea groups is 1. The molecule has 0 bridgehead atoms. The molecular weight excluding hydrogens is 278 g/mol. The minimum absolute atomic E-state index is 0.242. The molecule has 1 aromatic rings. The minimum Gasteiger partial charge on any atom is -0.480 e. The molecule has 0 radical (unpaired) electrons. The van der Waals surface area contributed by atoms with Gasteiger partial charge in [0.15, 0.2) is 0 Å². The number of hydrogen-bond acceptors (Lipinski definition) is 5. The lowest BCUT2D eigenvalue weighted by Crippen LogP contribution is -2.36. The van der Waals surface area contributed by atoms with E-state index in [1.165, 1.54) is 17.1 Å². The van der Waals surface area contributed by atoms with Crippen molar-refractivity contribution in [3.8, 4) is 0 Å². The second-order valence-corrected chi connectivity index (χ2v) is 4.50. The van der Waals surface area contributed by atoms with Gasteiger partial charge < -0.3 is 25.4 Å². The highest BCUT2D eigenvalue weighted by Gasteiger charge is 2.06. The van der Waals surface area contributed by atoms with E-state index < -0.39 is 5.97 Å². The van der Waals surface area contributed by atoms with Crippen molar-refractivity contribution in [2.24, 2.45) is 0 Å². The quantitative estimate of drug-likeness (QED) is 0.576. The highest BCUT2D eigenvalue weighted by molar-refractivity contribution is 5.88. The first-order valence-corrected chi connectivity index (χ1v) is 6.48. The van der Waals surface area contributed by atoms with Crippen LogP contribution in [-0.4, -0.2) is 72.2 Å². The van der Waals surface area contributed by atoms with Crippen molar-refractivity contribution in [1.29, 1.82) is 0 Å². The number of hydrogen-bond donors (Lipinski definition) is 3. The van der Waals surface area contributed by atoms with Crippen LogP contribution in [0.15, 0.2) is 12.4 Å². The van der Waals surface area contributed by atoms with Crippen LogP contribution in [0.2, 0.25) is 0 Å². The van der Waals surface area contributed by atoms with Gasteiger partial charge in [0, 0.05) is 32.9 Å². The van der Waals surface area contributed by atoms with E-state index in [4.69, 9.17) is 9.84 Å². The highest BCUT2D eigenvalue weighted by atomic mass is 16.5. The van der Waals surface area contributed by atoms with Gasteiger partial charge in [0.25, 0.3) is 0 Å². The van der Waals surface area contributed by atoms with Crippen LogP contribution in [0.25, 0.3) is 0 Å². The Balaban J connectivity index is 2.24. The van der Waals surface area contributed by atoms with E-state index in [-0.39, 0.29) is 12.6 Å². The molecular formula is C12H21N5O4. The Morgan fingerprint density at radius 3 is 2.90 bits per heavy atom. The van der Waals surface area contributed by atoms with E-state index in [9.17, 15) is 9.59 Å². The molecule has 9 nitrogen and oxygen atoms in total. The van der Waals surface area contributed by atoms with Crippen LogP contribution in [0, 0.1) is 0 Å². The van der Waals surface area contributed by atoms with Crippen LogP contribution < -0.4 is 10.6 Å². The zero-order valence-corrected chi connectivity index (χ0v) is 12.2. The summed E-state index contributed by atoms with van der Waals surface area (Å²) < 4.78 is 6.19. The Labute approximate surface area is 122 Å². The van der Waals surface area contributed by atoms with Crippen LogP contribution in [0.5, 0.6) is 0 Å². The number of ether oxygens (including phenoxy) is 1. The largest absolute Gasteiger partial charge is 0.480 e. The van der Waals surface area contributed by atoms with Gasteiger partial charge in [0.2, 0.25) is 0 Å². The van der Waals surface area contributed by atoms with Gasteiger partial charge in [-0.15, -0.1) is 0 Å². The SMILES string of the molecule is COCCN(C)CCNC(=O)Nc1cnn(CC(=O)O)c1. The minimum atomic E-state index is -0.992. The van der Waals surface area contributed by atoms with Crippen LogP contribution in [0.4, 0.5) is 10.5 Å². The summed E-state index contributed by atoms with van der Waals surface area (Å²) in [6.07, 6.45) is 2.85. The maximum Gasteiger partial charge on any atom is 0.325 e. The fourth-order valence-electron chi connectivity index (χ4n) is 1.55. The fourth-order valence-corrected chi connectivity index (χ4v) is 1.55. The molecule has 0 aliphatic heterocycles. The number of carbonyl (C=O) groups excluding carboxylic acids is 1. The second kappa shape index (κ2) is 8.93. The number of aromatic nitrogens is 2. The van der Waals surface area contributed by atoms with Crippen molar-refractivity contribution < 1.29 is 19.4 Å². The number of carbonyl (C=O) groups is 2. The first-order chi connectivity index (χ1) is 10.0. The molecule has 3 N–H and O–H groups in total. The first-order valence-electron chi connectivity index (χ1n) is 6.48. The Morgan fingerprint density at radius 2 is 2.24 bits per heavy atom. The number of amides is 2. The van der Waals surface area contributed by atoms with Crippen LogP contribution in [0.3, 0.4) is 0 Å². The number of likely N-dealkylation sites (N-methyl/N-ethyl adjacent to an activating group) is 1. The van der Waals surface area contributed by atoms with Crippen molar-refractivity contribution in [3.63, 3.8) is 0 Å². The summed E-state index contributed by atoms with van der Waals surface area (Å²) in [6.45, 7) is 2.39. The standard InChI is InChI=1S/C12H21N5O4/c1-16(5-6-21-2)4-3-13-12(20)15-10-7-14-17(8-10)9-11(18)19/h7-8H,3-6,9H2,1-2H3,(H,18,19)(H2,13,15,20). The Bertz CT molecular complexity index is 462. The van der Waals surface area contributed by atoms with Crippen molar-refractivity contribution in [2.45, 2.75) is 6.54 Å². The van der Waals surface area contributed by atoms with Gasteiger partial charge in [0.1, 0.15) is 6.54 Å². The van der Waals surface area contributed by atoms with Crippen molar-refractivity contribution in [1.82, 2.24) is 20.0 Å². The number of anilines is 1. The third-order valence-corrected chi connectivity index (χ3v) is 2.64. The van der Waals surface area contributed by atoms with E-state index in [1.807, 2.05) is 11.9 Å². The van der Waals surface area contributed by atoms with Crippen LogP contribution in [-0.2, 0) is 16.1 Å². The number of nitrogens with one attached hydrogen (secondary N) is 2. The summed E-state index contributed by atoms with van der Waals surface area (Å²) in [4.78, 5) is 24.2. The van der Waals surface area contributed by atoms with Gasteiger partial charge in [0.05, 0.1) is 18.5 Å². The van der Waals surface area contributed by atoms with E-state index in [1.54, 1.807) is 7.11 Å². The predicted molar refractivity (Wildman–Crippen MR) is 76.3 cm³/mol. The van der Waals surface area contributed by atoms with Crippen molar-refractivity contribution in [3.05, 3.63) is 12.4 Å². The lowest BCUT2D eigenvalue weighted by molar-refractivity contribution is -0.137. The number of carboxylic acid groups (broad SMARTS) is 1. The molecule has 1 rings (SSSR count). The topological polar surface area (TPSA) is 109 Å². The van der Waals surface area contributed by atoms with Gasteiger partial charge in [-0.2, -0.15) is 5.10 Å². The van der Waals surface area contributed by atoms with E-state index >= 15 is 0 Å². The van der Waals surface area contributed by atoms with Crippen LogP contribution in [0.1, 0.15) is 0 Å². The summed E-state index contributed by atoms with van der Waals surface area (Å²) in [6, 6.07) is -0.356. The molecule has 118 valence electrons. The van der Waals surface area contributed by atoms with E-state index in [0.717, 1.165) is 6.54 Å². The van der Waals surface area contributed by atoms with Gasteiger partial charge in [-0.25, -0.2) is 4.79 Å². The Morgan fingerprint density at radius 1 is 1.48 bits per heavy atom. The van der Waals surface area contributed by atoms with Gasteiger partial charge in [-0.3, -0.25) is 9.48 Å². The molecule has 0 unspecified atom stereocenters. The normalized spacial score (nSPS) is 10.6. The lowest BCUT2D eigenvalue weighted by Gasteiger charge is -2.16. The molecule has 0 aliphatic rings. The fraction of sp³-hybridized carbons (Fsp3) is 0.583. The number of nitrogens with zero attached hydrogens (tertiary/aromatic N) is 3. The molecule has 0 spiro atoms. The van der Waals surface area contributed by atoms with Gasteiger partial charge >= 0.3 is 12.0 Å². The average Bonchev–Trinajstić information content (AvgIpc) is 2.82. The Hall–Kier alpha value is -2.13. The molecule has 1 aromatic heterocycles. The molecule has 2 amide bonds. The summed E-state index contributed by atoms with van der Waals surface area (Å²) in [5, 5.41) is 17.7. The number of carboxylic acids is 1. The smallest absolute Gasteiger partial charge is 0.325 e. The van der Waals surface area contributed by atoms with Crippen molar-refractivity contribution in [2.75, 3.05) is 45.7 Å². The van der Waals surface area contributed by atoms with Crippen LogP contribution >= 0.6 is 0 Å². The number of methoxy groups -OCH3 is 1. The summed E-state index contributed by atoms with van der Waals surface area (Å²) >= 11 is 0. The predicted octanol–water partition coefficient (Wildman–Crippen LogP) is -0.333. The third kappa shape index (κ3) is 7.28. The average molecular weight is 299 g/mol. The highest BCUT2D eigenvalue weighted by Crippen LogP contribution is 2.04. The van der Waals surface area contributed by atoms with E-state index in [2.05, 4.69) is 15.7 Å². The summed E-state index contributed by atoms with van der Waals surface area (Å²) in [5.74, 6) is -0.992. The molecule has 0 aliphatic carbocycles. The molecule has 0 aromatic carbocycles. The zero-order valence-electron chi connectivity index (χ0n) is 12.2. The maximum atomic E-state index is 11.6. The molecule has 21 heavy (non-hydrogen) atoms. The third-order valence-electron chi connectivity index (χ3n) is 2.64. The monoisotopic (exact) mass is 299 g/mol. The Kier molecular flexibility index (Phi) is 7.19. The second-order valence-electron chi connectivity index (χ2n) is 4.50. The molecule has 1 heterocycles. The maximum absolute atomic E-state index is 11.6. The van der Waals surface area contributed by atoms with Gasteiger partial charge in [-0.05, 0) is 7.05 Å². The number of rotatable bonds is 9. The first kappa shape index (κ1) is 16.9. The molecule has 9 heteroatoms. The molecule has 0 saturated carbocycles. The summed E-state index contributed by atoms with van der Waals surface area (Å²) in [7, 11) is 3.58. The van der Waals surface area contributed by atoms with Gasteiger partial charge in [-0.1, -0.05) is 0 Å². The molecule has 0 atom stereocenters. The molecule has 0 fully saturated rings. The zero-order chi connectivity index (χ0) is 15.7. The van der Waals surface area contributed by atoms with Crippen molar-refractivity contribution >= 4 is 17.7 Å². The lowest BCUT2D eigenvalue weighted by atomic mass is 10.5.